The van der Waals surface area contributed by atoms with Crippen molar-refractivity contribution in [1.29, 1.82) is 0 Å². The van der Waals surface area contributed by atoms with Crippen LogP contribution in [0.2, 0.25) is 0 Å². The topological polar surface area (TPSA) is 76.5 Å². The maximum Gasteiger partial charge on any atom is 0.265 e. The van der Waals surface area contributed by atoms with Crippen molar-refractivity contribution < 1.29 is 18.3 Å². The number of alkyl halides is 2. The molecular formula is C34H38F2N4O3S. The number of rotatable bonds is 9. The van der Waals surface area contributed by atoms with Gasteiger partial charge in [0.2, 0.25) is 0 Å². The SMILES string of the molecule is CCc1ccc(OC)cc1-n1c(CC(C)C)c(C(=O)N2CCN[C@H](C)C2)cc(-c2nc(-c3ccc(C(F)F)cc3)cs2)c1=O. The van der Waals surface area contributed by atoms with Crippen molar-refractivity contribution in [3.63, 3.8) is 0 Å². The number of nitrogens with zero attached hydrogens (tertiary/aromatic N) is 3. The summed E-state index contributed by atoms with van der Waals surface area (Å²) in [7, 11) is 1.59. The lowest BCUT2D eigenvalue weighted by Crippen LogP contribution is -2.51. The summed E-state index contributed by atoms with van der Waals surface area (Å²) in [6.45, 7) is 10.0. The fourth-order valence-electron chi connectivity index (χ4n) is 5.63. The average molecular weight is 621 g/mol. The molecule has 1 aliphatic heterocycles. The predicted octanol–water partition coefficient (Wildman–Crippen LogP) is 6.77. The molecule has 1 saturated heterocycles. The Morgan fingerprint density at radius 2 is 1.91 bits per heavy atom. The van der Waals surface area contributed by atoms with Gasteiger partial charge in [-0.15, -0.1) is 11.3 Å². The van der Waals surface area contributed by atoms with E-state index in [9.17, 15) is 18.4 Å². The number of thiazole rings is 1. The first kappa shape index (κ1) is 31.5. The van der Waals surface area contributed by atoms with E-state index in [1.807, 2.05) is 30.0 Å². The molecule has 2 aromatic carbocycles. The highest BCUT2D eigenvalue weighted by Gasteiger charge is 2.29. The second kappa shape index (κ2) is 13.4. The first-order valence-corrected chi connectivity index (χ1v) is 15.8. The minimum Gasteiger partial charge on any atom is -0.497 e. The number of hydrogen-bond donors (Lipinski definition) is 1. The molecule has 1 amide bonds. The van der Waals surface area contributed by atoms with Crippen LogP contribution in [-0.4, -0.2) is 53.1 Å². The van der Waals surface area contributed by atoms with Crippen LogP contribution in [0.5, 0.6) is 5.75 Å². The molecule has 10 heteroatoms. The van der Waals surface area contributed by atoms with Gasteiger partial charge in [0, 0.05) is 53.9 Å². The molecule has 0 aliphatic carbocycles. The second-order valence-corrected chi connectivity index (χ2v) is 12.4. The van der Waals surface area contributed by atoms with Gasteiger partial charge in [-0.3, -0.25) is 14.2 Å². The summed E-state index contributed by atoms with van der Waals surface area (Å²) in [5.41, 5.74) is 3.97. The number of aromatic nitrogens is 2. The van der Waals surface area contributed by atoms with Gasteiger partial charge in [-0.2, -0.15) is 0 Å². The third-order valence-electron chi connectivity index (χ3n) is 7.90. The van der Waals surface area contributed by atoms with E-state index >= 15 is 0 Å². The van der Waals surface area contributed by atoms with Crippen molar-refractivity contribution in [2.24, 2.45) is 5.92 Å². The fraction of sp³-hybridized carbons (Fsp3) is 0.382. The molecule has 0 bridgehead atoms. The van der Waals surface area contributed by atoms with Crippen LogP contribution in [-0.2, 0) is 12.8 Å². The Morgan fingerprint density at radius 3 is 2.55 bits per heavy atom. The van der Waals surface area contributed by atoms with Gasteiger partial charge in [-0.25, -0.2) is 13.8 Å². The lowest BCUT2D eigenvalue weighted by Gasteiger charge is -2.33. The van der Waals surface area contributed by atoms with Gasteiger partial charge < -0.3 is 15.0 Å². The number of piperazine rings is 1. The molecular weight excluding hydrogens is 582 g/mol. The summed E-state index contributed by atoms with van der Waals surface area (Å²) in [6, 6.07) is 13.5. The lowest BCUT2D eigenvalue weighted by molar-refractivity contribution is 0.0707. The number of carbonyl (C=O) groups excluding carboxylic acids is 1. The van der Waals surface area contributed by atoms with Gasteiger partial charge in [0.15, 0.2) is 0 Å². The van der Waals surface area contributed by atoms with Gasteiger partial charge in [0.1, 0.15) is 10.8 Å². The van der Waals surface area contributed by atoms with Crippen LogP contribution in [0.4, 0.5) is 8.78 Å². The number of aryl methyl sites for hydroxylation is 1. The highest BCUT2D eigenvalue weighted by Crippen LogP contribution is 2.32. The molecule has 3 heterocycles. The number of pyridine rings is 1. The maximum absolute atomic E-state index is 14.6. The van der Waals surface area contributed by atoms with E-state index < -0.39 is 6.43 Å². The fourth-order valence-corrected chi connectivity index (χ4v) is 6.46. The summed E-state index contributed by atoms with van der Waals surface area (Å²) in [4.78, 5) is 35.5. The van der Waals surface area contributed by atoms with Crippen LogP contribution in [0.1, 0.15) is 61.3 Å². The molecule has 0 radical (unpaired) electrons. The zero-order chi connectivity index (χ0) is 31.5. The zero-order valence-electron chi connectivity index (χ0n) is 25.7. The van der Waals surface area contributed by atoms with E-state index in [0.29, 0.717) is 77.0 Å². The van der Waals surface area contributed by atoms with Crippen LogP contribution < -0.4 is 15.6 Å². The molecule has 0 unspecified atom stereocenters. The molecule has 1 aliphatic rings. The number of benzene rings is 2. The Kier molecular flexibility index (Phi) is 9.60. The zero-order valence-corrected chi connectivity index (χ0v) is 26.5. The molecule has 1 N–H and O–H groups in total. The Hall–Kier alpha value is -3.89. The summed E-state index contributed by atoms with van der Waals surface area (Å²) in [5, 5.41) is 5.65. The summed E-state index contributed by atoms with van der Waals surface area (Å²) in [6.07, 6.45) is -1.37. The molecule has 2 aromatic heterocycles. The molecule has 5 rings (SSSR count). The number of methoxy groups -OCH3 is 1. The van der Waals surface area contributed by atoms with Gasteiger partial charge in [-0.05, 0) is 43.4 Å². The molecule has 4 aromatic rings. The molecule has 0 saturated carbocycles. The van der Waals surface area contributed by atoms with Crippen molar-refractivity contribution in [1.82, 2.24) is 19.8 Å². The molecule has 1 fully saturated rings. The van der Waals surface area contributed by atoms with Crippen molar-refractivity contribution in [3.05, 3.63) is 86.6 Å². The molecule has 7 nitrogen and oxygen atoms in total. The number of amides is 1. The standard InChI is InChI=1S/C34H38F2N4O3S/c1-6-22-11-12-25(43-5)16-29(22)40-30(15-20(2)3)26(33(41)39-14-13-37-21(4)18-39)17-27(34(40)42)32-38-28(19-44-32)23-7-9-24(10-8-23)31(35)36/h7-12,16-17,19-21,31,37H,6,13-15,18H2,1-5H3/t21-/m1/s1. The molecule has 1 atom stereocenters. The van der Waals surface area contributed by atoms with Crippen LogP contribution in [0.3, 0.4) is 0 Å². The Morgan fingerprint density at radius 1 is 1.16 bits per heavy atom. The third-order valence-corrected chi connectivity index (χ3v) is 8.77. The van der Waals surface area contributed by atoms with Crippen LogP contribution in [0.15, 0.2) is 58.7 Å². The van der Waals surface area contributed by atoms with E-state index in [2.05, 4.69) is 26.1 Å². The second-order valence-electron chi connectivity index (χ2n) is 11.6. The van der Waals surface area contributed by atoms with Crippen molar-refractivity contribution in [2.75, 3.05) is 26.7 Å². The van der Waals surface area contributed by atoms with Crippen LogP contribution in [0.25, 0.3) is 27.5 Å². The number of hydrogen-bond acceptors (Lipinski definition) is 6. The van der Waals surface area contributed by atoms with E-state index in [1.165, 1.54) is 23.5 Å². The Balaban J connectivity index is 1.75. The minimum atomic E-state index is -2.56. The van der Waals surface area contributed by atoms with E-state index in [4.69, 9.17) is 9.72 Å². The number of nitrogens with one attached hydrogen (secondary N) is 1. The third kappa shape index (κ3) is 6.46. The van der Waals surface area contributed by atoms with Gasteiger partial charge in [0.25, 0.3) is 17.9 Å². The molecule has 44 heavy (non-hydrogen) atoms. The normalized spacial score (nSPS) is 15.3. The van der Waals surface area contributed by atoms with E-state index in [1.54, 1.807) is 35.3 Å². The van der Waals surface area contributed by atoms with Crippen molar-refractivity contribution in [2.45, 2.75) is 53.0 Å². The van der Waals surface area contributed by atoms with Gasteiger partial charge in [0.05, 0.1) is 29.6 Å². The first-order valence-electron chi connectivity index (χ1n) is 14.9. The van der Waals surface area contributed by atoms with Crippen molar-refractivity contribution in [3.8, 4) is 33.3 Å². The average Bonchev–Trinajstić information content (AvgIpc) is 3.50. The lowest BCUT2D eigenvalue weighted by atomic mass is 9.98. The number of carbonyl (C=O) groups is 1. The maximum atomic E-state index is 14.6. The van der Waals surface area contributed by atoms with Crippen LogP contribution in [0, 0.1) is 5.92 Å². The Bertz CT molecular complexity index is 1700. The quantitative estimate of drug-likeness (QED) is 0.224. The highest BCUT2D eigenvalue weighted by atomic mass is 32.1. The first-order chi connectivity index (χ1) is 21.1. The van der Waals surface area contributed by atoms with Gasteiger partial charge >= 0.3 is 0 Å². The smallest absolute Gasteiger partial charge is 0.265 e. The van der Waals surface area contributed by atoms with Crippen LogP contribution >= 0.6 is 11.3 Å². The number of halogens is 2. The highest BCUT2D eigenvalue weighted by molar-refractivity contribution is 7.13. The summed E-state index contributed by atoms with van der Waals surface area (Å²) >= 11 is 1.29. The van der Waals surface area contributed by atoms with E-state index in [0.717, 1.165) is 5.56 Å². The summed E-state index contributed by atoms with van der Waals surface area (Å²) < 4.78 is 33.5. The largest absolute Gasteiger partial charge is 0.497 e. The number of ether oxygens (including phenoxy) is 1. The monoisotopic (exact) mass is 620 g/mol. The van der Waals surface area contributed by atoms with Crippen molar-refractivity contribution >= 4 is 17.2 Å². The van der Waals surface area contributed by atoms with E-state index in [-0.39, 0.29) is 29.0 Å². The molecule has 0 spiro atoms. The predicted molar refractivity (Wildman–Crippen MR) is 171 cm³/mol. The minimum absolute atomic E-state index is 0.0665. The van der Waals surface area contributed by atoms with Gasteiger partial charge in [-0.1, -0.05) is 51.1 Å². The summed E-state index contributed by atoms with van der Waals surface area (Å²) in [5.74, 6) is 0.653. The Labute approximate surface area is 260 Å². The molecule has 232 valence electrons.